The maximum Gasteiger partial charge on any atom is 0.0784 e. The zero-order chi connectivity index (χ0) is 9.52. The van der Waals surface area contributed by atoms with Gasteiger partial charge >= 0.3 is 0 Å². The van der Waals surface area contributed by atoms with Crippen LogP contribution < -0.4 is 0 Å². The third-order valence-electron chi connectivity index (χ3n) is 2.92. The molecule has 0 aromatic heterocycles. The van der Waals surface area contributed by atoms with Crippen molar-refractivity contribution in [1.82, 2.24) is 0 Å². The number of ether oxygens (including phenoxy) is 1. The summed E-state index contributed by atoms with van der Waals surface area (Å²) in [5.41, 5.74) is 0. The fourth-order valence-corrected chi connectivity index (χ4v) is 1.94. The molecular formula is C12H22O. The molecule has 0 aromatic carbocycles. The standard InChI is InChI=1S/C12H22O/c1-3-4-5-7-11-10-12(11)8-6-9-13-2/h6,9,11-12H,3-5,7-8,10H2,1-2H3/b9-6+/t11-,12+/m1/s1. The molecule has 1 aliphatic rings. The summed E-state index contributed by atoms with van der Waals surface area (Å²) in [5.74, 6) is 2.01. The quantitative estimate of drug-likeness (QED) is 0.430. The zero-order valence-corrected chi connectivity index (χ0v) is 8.96. The number of unbranched alkanes of at least 4 members (excludes halogenated alkanes) is 2. The molecule has 0 amide bonds. The number of methoxy groups -OCH3 is 1. The topological polar surface area (TPSA) is 9.23 Å². The molecule has 1 fully saturated rings. The van der Waals surface area contributed by atoms with Gasteiger partial charge in [-0.2, -0.15) is 0 Å². The van der Waals surface area contributed by atoms with Gasteiger partial charge in [0.15, 0.2) is 0 Å². The molecular weight excluding hydrogens is 160 g/mol. The Kier molecular flexibility index (Phi) is 4.95. The first-order valence-electron chi connectivity index (χ1n) is 5.56. The molecule has 0 heterocycles. The van der Waals surface area contributed by atoms with Crippen molar-refractivity contribution in [3.63, 3.8) is 0 Å². The largest absolute Gasteiger partial charge is 0.505 e. The van der Waals surface area contributed by atoms with Crippen LogP contribution in [0.25, 0.3) is 0 Å². The SMILES string of the molecule is CCCCC[C@@H]1C[C@@H]1C/C=C/OC. The van der Waals surface area contributed by atoms with Crippen LogP contribution in [-0.4, -0.2) is 7.11 Å². The highest BCUT2D eigenvalue weighted by Gasteiger charge is 2.34. The Balaban J connectivity index is 1.93. The Morgan fingerprint density at radius 2 is 2.15 bits per heavy atom. The van der Waals surface area contributed by atoms with Gasteiger partial charge in [0.2, 0.25) is 0 Å². The van der Waals surface area contributed by atoms with E-state index < -0.39 is 0 Å². The van der Waals surface area contributed by atoms with Crippen LogP contribution in [-0.2, 0) is 4.74 Å². The van der Waals surface area contributed by atoms with Gasteiger partial charge < -0.3 is 4.74 Å². The smallest absolute Gasteiger partial charge is 0.0784 e. The van der Waals surface area contributed by atoms with E-state index >= 15 is 0 Å². The predicted molar refractivity (Wildman–Crippen MR) is 56.5 cm³/mol. The Morgan fingerprint density at radius 3 is 2.85 bits per heavy atom. The average molecular weight is 182 g/mol. The number of rotatable bonds is 7. The molecule has 0 aliphatic heterocycles. The molecule has 1 aliphatic carbocycles. The molecule has 0 bridgehead atoms. The van der Waals surface area contributed by atoms with E-state index in [0.29, 0.717) is 0 Å². The predicted octanol–water partition coefficient (Wildman–Crippen LogP) is 3.75. The summed E-state index contributed by atoms with van der Waals surface area (Å²) < 4.78 is 4.87. The minimum absolute atomic E-state index is 0.975. The summed E-state index contributed by atoms with van der Waals surface area (Å²) in [6, 6.07) is 0. The van der Waals surface area contributed by atoms with Crippen molar-refractivity contribution < 1.29 is 4.74 Å². The van der Waals surface area contributed by atoms with Crippen molar-refractivity contribution in [2.75, 3.05) is 7.11 Å². The summed E-state index contributed by atoms with van der Waals surface area (Å²) in [7, 11) is 1.71. The van der Waals surface area contributed by atoms with E-state index in [-0.39, 0.29) is 0 Å². The van der Waals surface area contributed by atoms with Gasteiger partial charge in [-0.25, -0.2) is 0 Å². The average Bonchev–Trinajstić information content (AvgIpc) is 2.85. The molecule has 1 saturated carbocycles. The lowest BCUT2D eigenvalue weighted by Crippen LogP contribution is -1.82. The highest BCUT2D eigenvalue weighted by molar-refractivity contribution is 4.91. The summed E-state index contributed by atoms with van der Waals surface area (Å²) in [4.78, 5) is 0. The molecule has 76 valence electrons. The van der Waals surface area contributed by atoms with Crippen molar-refractivity contribution in [3.05, 3.63) is 12.3 Å². The van der Waals surface area contributed by atoms with Crippen LogP contribution in [0.3, 0.4) is 0 Å². The van der Waals surface area contributed by atoms with Crippen LogP contribution in [0.4, 0.5) is 0 Å². The molecule has 0 spiro atoms. The molecule has 1 nitrogen and oxygen atoms in total. The highest BCUT2D eigenvalue weighted by atomic mass is 16.5. The van der Waals surface area contributed by atoms with Crippen molar-refractivity contribution in [1.29, 1.82) is 0 Å². The lowest BCUT2D eigenvalue weighted by molar-refractivity contribution is 0.336. The number of hydrogen-bond donors (Lipinski definition) is 0. The van der Waals surface area contributed by atoms with Crippen LogP contribution in [0.2, 0.25) is 0 Å². The van der Waals surface area contributed by atoms with Gasteiger partial charge in [0.05, 0.1) is 13.4 Å². The van der Waals surface area contributed by atoms with E-state index in [1.807, 2.05) is 0 Å². The van der Waals surface area contributed by atoms with E-state index in [2.05, 4.69) is 13.0 Å². The van der Waals surface area contributed by atoms with Crippen molar-refractivity contribution >= 4 is 0 Å². The molecule has 1 heteroatoms. The van der Waals surface area contributed by atoms with E-state index in [4.69, 9.17) is 4.74 Å². The molecule has 0 radical (unpaired) electrons. The van der Waals surface area contributed by atoms with Crippen molar-refractivity contribution in [2.45, 2.75) is 45.4 Å². The van der Waals surface area contributed by atoms with Gasteiger partial charge in [0.25, 0.3) is 0 Å². The number of allylic oxidation sites excluding steroid dienone is 1. The first kappa shape index (κ1) is 10.6. The van der Waals surface area contributed by atoms with Crippen molar-refractivity contribution in [2.24, 2.45) is 11.8 Å². The third kappa shape index (κ3) is 4.35. The fourth-order valence-electron chi connectivity index (χ4n) is 1.94. The molecule has 0 N–H and O–H groups in total. The van der Waals surface area contributed by atoms with Gasteiger partial charge in [-0.1, -0.05) is 32.6 Å². The molecule has 0 saturated heterocycles. The maximum absolute atomic E-state index is 4.87. The Bertz CT molecular complexity index is 151. The Labute approximate surface area is 82.2 Å². The fraction of sp³-hybridized carbons (Fsp3) is 0.833. The van der Waals surface area contributed by atoms with Gasteiger partial charge in [0, 0.05) is 0 Å². The van der Waals surface area contributed by atoms with Crippen LogP contribution in [0.5, 0.6) is 0 Å². The van der Waals surface area contributed by atoms with Gasteiger partial charge in [-0.05, 0) is 30.8 Å². The summed E-state index contributed by atoms with van der Waals surface area (Å²) in [6.45, 7) is 2.27. The van der Waals surface area contributed by atoms with Gasteiger partial charge in [-0.15, -0.1) is 0 Å². The van der Waals surface area contributed by atoms with E-state index in [9.17, 15) is 0 Å². The van der Waals surface area contributed by atoms with Crippen LogP contribution in [0, 0.1) is 11.8 Å². The maximum atomic E-state index is 4.87. The second-order valence-corrected chi connectivity index (χ2v) is 4.09. The molecule has 13 heavy (non-hydrogen) atoms. The Hall–Kier alpha value is -0.460. The van der Waals surface area contributed by atoms with Crippen LogP contribution >= 0.6 is 0 Å². The molecule has 0 unspecified atom stereocenters. The monoisotopic (exact) mass is 182 g/mol. The highest BCUT2D eigenvalue weighted by Crippen LogP contribution is 2.44. The lowest BCUT2D eigenvalue weighted by atomic mass is 10.1. The third-order valence-corrected chi connectivity index (χ3v) is 2.92. The molecule has 2 atom stereocenters. The van der Waals surface area contributed by atoms with E-state index in [0.717, 1.165) is 11.8 Å². The summed E-state index contributed by atoms with van der Waals surface area (Å²) in [5, 5.41) is 0. The van der Waals surface area contributed by atoms with Crippen LogP contribution in [0.1, 0.15) is 45.4 Å². The number of hydrogen-bond acceptors (Lipinski definition) is 1. The lowest BCUT2D eigenvalue weighted by Gasteiger charge is -1.96. The van der Waals surface area contributed by atoms with Gasteiger partial charge in [0.1, 0.15) is 0 Å². The second-order valence-electron chi connectivity index (χ2n) is 4.09. The van der Waals surface area contributed by atoms with Gasteiger partial charge in [-0.3, -0.25) is 0 Å². The minimum atomic E-state index is 0.975. The van der Waals surface area contributed by atoms with Crippen molar-refractivity contribution in [3.8, 4) is 0 Å². The molecule has 1 rings (SSSR count). The van der Waals surface area contributed by atoms with E-state index in [1.165, 1.54) is 38.5 Å². The zero-order valence-electron chi connectivity index (χ0n) is 8.96. The summed E-state index contributed by atoms with van der Waals surface area (Å²) >= 11 is 0. The second kappa shape index (κ2) is 6.06. The Morgan fingerprint density at radius 1 is 1.31 bits per heavy atom. The summed E-state index contributed by atoms with van der Waals surface area (Å²) in [6.07, 6.45) is 12.3. The normalized spacial score (nSPS) is 26.6. The first-order chi connectivity index (χ1) is 6.38. The first-order valence-corrected chi connectivity index (χ1v) is 5.56. The van der Waals surface area contributed by atoms with E-state index in [1.54, 1.807) is 13.4 Å². The molecule has 0 aromatic rings. The minimum Gasteiger partial charge on any atom is -0.505 e. The van der Waals surface area contributed by atoms with Crippen LogP contribution in [0.15, 0.2) is 12.3 Å².